The number of ketones is 1. The summed E-state index contributed by atoms with van der Waals surface area (Å²) in [6, 6.07) is 4.26. The minimum atomic E-state index is -0.543. The van der Waals surface area contributed by atoms with E-state index >= 15 is 0 Å². The molecule has 0 saturated carbocycles. The van der Waals surface area contributed by atoms with Gasteiger partial charge in [0.05, 0.1) is 12.7 Å². The molecule has 1 unspecified atom stereocenters. The van der Waals surface area contributed by atoms with Gasteiger partial charge in [-0.15, -0.1) is 0 Å². The van der Waals surface area contributed by atoms with E-state index in [1.807, 2.05) is 0 Å². The van der Waals surface area contributed by atoms with Crippen molar-refractivity contribution in [3.05, 3.63) is 29.6 Å². The van der Waals surface area contributed by atoms with Gasteiger partial charge in [0, 0.05) is 25.7 Å². The molecule has 0 heterocycles. The van der Waals surface area contributed by atoms with Gasteiger partial charge in [0.15, 0.2) is 5.78 Å². The SMILES string of the molecule is COCCC(C)C(=O)c1ccc(OC)cc1F. The first kappa shape index (κ1) is 13.6. The number of carbonyl (C=O) groups is 1. The Balaban J connectivity index is 2.81. The molecule has 1 rings (SSSR count). The molecule has 0 fully saturated rings. The number of hydrogen-bond donors (Lipinski definition) is 0. The predicted molar refractivity (Wildman–Crippen MR) is 62.9 cm³/mol. The normalized spacial score (nSPS) is 12.2. The van der Waals surface area contributed by atoms with E-state index in [2.05, 4.69) is 0 Å². The van der Waals surface area contributed by atoms with E-state index in [1.165, 1.54) is 19.2 Å². The Kier molecular flexibility index (Phi) is 5.10. The van der Waals surface area contributed by atoms with Crippen molar-refractivity contribution in [3.8, 4) is 5.75 Å². The molecule has 0 bridgehead atoms. The van der Waals surface area contributed by atoms with Gasteiger partial charge >= 0.3 is 0 Å². The number of halogens is 1. The zero-order chi connectivity index (χ0) is 12.8. The third-order valence-electron chi connectivity index (χ3n) is 2.64. The second-order valence-corrected chi connectivity index (χ2v) is 3.89. The lowest BCUT2D eigenvalue weighted by Gasteiger charge is -2.11. The molecule has 1 aromatic rings. The Labute approximate surface area is 101 Å². The summed E-state index contributed by atoms with van der Waals surface area (Å²) in [5, 5.41) is 0. The van der Waals surface area contributed by atoms with Gasteiger partial charge in [0.25, 0.3) is 0 Å². The molecule has 17 heavy (non-hydrogen) atoms. The summed E-state index contributed by atoms with van der Waals surface area (Å²) in [7, 11) is 3.03. The summed E-state index contributed by atoms with van der Waals surface area (Å²) in [6.45, 7) is 2.26. The van der Waals surface area contributed by atoms with Crippen LogP contribution in [0.25, 0.3) is 0 Å². The smallest absolute Gasteiger partial charge is 0.168 e. The van der Waals surface area contributed by atoms with Gasteiger partial charge in [0.1, 0.15) is 11.6 Å². The molecule has 0 saturated heterocycles. The molecule has 94 valence electrons. The molecule has 3 nitrogen and oxygen atoms in total. The second-order valence-electron chi connectivity index (χ2n) is 3.89. The zero-order valence-electron chi connectivity index (χ0n) is 10.3. The first-order valence-electron chi connectivity index (χ1n) is 5.46. The van der Waals surface area contributed by atoms with E-state index in [1.54, 1.807) is 20.1 Å². The summed E-state index contributed by atoms with van der Waals surface area (Å²) in [5.41, 5.74) is 0.106. The second kappa shape index (κ2) is 6.35. The first-order valence-corrected chi connectivity index (χ1v) is 5.46. The van der Waals surface area contributed by atoms with Crippen molar-refractivity contribution in [2.45, 2.75) is 13.3 Å². The highest BCUT2D eigenvalue weighted by Crippen LogP contribution is 2.20. The van der Waals surface area contributed by atoms with E-state index in [-0.39, 0.29) is 17.3 Å². The molecule has 0 radical (unpaired) electrons. The minimum Gasteiger partial charge on any atom is -0.497 e. The van der Waals surface area contributed by atoms with E-state index < -0.39 is 5.82 Å². The number of carbonyl (C=O) groups excluding carboxylic acids is 1. The van der Waals surface area contributed by atoms with Crippen molar-refractivity contribution in [1.82, 2.24) is 0 Å². The largest absolute Gasteiger partial charge is 0.497 e. The van der Waals surface area contributed by atoms with E-state index in [9.17, 15) is 9.18 Å². The Hall–Kier alpha value is -1.42. The van der Waals surface area contributed by atoms with Crippen LogP contribution in [0.4, 0.5) is 4.39 Å². The van der Waals surface area contributed by atoms with Gasteiger partial charge in [-0.25, -0.2) is 4.39 Å². The zero-order valence-corrected chi connectivity index (χ0v) is 10.3. The van der Waals surface area contributed by atoms with Gasteiger partial charge < -0.3 is 9.47 Å². The van der Waals surface area contributed by atoms with Crippen LogP contribution in [0.3, 0.4) is 0 Å². The van der Waals surface area contributed by atoms with Crippen LogP contribution in [0, 0.1) is 11.7 Å². The van der Waals surface area contributed by atoms with E-state index in [0.29, 0.717) is 18.8 Å². The number of benzene rings is 1. The maximum absolute atomic E-state index is 13.6. The third-order valence-corrected chi connectivity index (χ3v) is 2.64. The van der Waals surface area contributed by atoms with Crippen molar-refractivity contribution in [1.29, 1.82) is 0 Å². The minimum absolute atomic E-state index is 0.106. The Morgan fingerprint density at radius 1 is 1.41 bits per heavy atom. The molecule has 0 aliphatic rings. The first-order chi connectivity index (χ1) is 8.10. The number of rotatable bonds is 6. The summed E-state index contributed by atoms with van der Waals surface area (Å²) in [5.74, 6) is -0.595. The maximum atomic E-state index is 13.6. The highest BCUT2D eigenvalue weighted by molar-refractivity contribution is 5.98. The van der Waals surface area contributed by atoms with Gasteiger partial charge in [-0.3, -0.25) is 4.79 Å². The van der Waals surface area contributed by atoms with Gasteiger partial charge in [-0.1, -0.05) is 6.92 Å². The fourth-order valence-corrected chi connectivity index (χ4v) is 1.51. The molecule has 0 spiro atoms. The van der Waals surface area contributed by atoms with Crippen molar-refractivity contribution in [2.24, 2.45) is 5.92 Å². The molecule has 0 aromatic heterocycles. The summed E-state index contributed by atoms with van der Waals surface area (Å²) in [4.78, 5) is 11.9. The summed E-state index contributed by atoms with van der Waals surface area (Å²) in [6.07, 6.45) is 0.584. The number of Topliss-reactive ketones (excluding diaryl/α,β-unsaturated/α-hetero) is 1. The van der Waals surface area contributed by atoms with Crippen LogP contribution in [0.5, 0.6) is 5.75 Å². The average Bonchev–Trinajstić information content (AvgIpc) is 2.34. The van der Waals surface area contributed by atoms with Crippen LogP contribution < -0.4 is 4.74 Å². The molecule has 0 N–H and O–H groups in total. The van der Waals surface area contributed by atoms with E-state index in [4.69, 9.17) is 9.47 Å². The van der Waals surface area contributed by atoms with Crippen LogP contribution >= 0.6 is 0 Å². The monoisotopic (exact) mass is 240 g/mol. The van der Waals surface area contributed by atoms with Crippen LogP contribution in [0.2, 0.25) is 0 Å². The summed E-state index contributed by atoms with van der Waals surface area (Å²) < 4.78 is 23.4. The fourth-order valence-electron chi connectivity index (χ4n) is 1.51. The molecule has 1 atom stereocenters. The molecule has 0 aliphatic heterocycles. The molecule has 0 amide bonds. The third kappa shape index (κ3) is 3.53. The molecular weight excluding hydrogens is 223 g/mol. The Morgan fingerprint density at radius 2 is 2.12 bits per heavy atom. The highest BCUT2D eigenvalue weighted by Gasteiger charge is 2.18. The topological polar surface area (TPSA) is 35.5 Å². The number of hydrogen-bond acceptors (Lipinski definition) is 3. The quantitative estimate of drug-likeness (QED) is 0.717. The van der Waals surface area contributed by atoms with Gasteiger partial charge in [-0.2, -0.15) is 0 Å². The summed E-state index contributed by atoms with van der Waals surface area (Å²) >= 11 is 0. The van der Waals surface area contributed by atoms with Crippen LogP contribution in [-0.4, -0.2) is 26.6 Å². The van der Waals surface area contributed by atoms with Crippen LogP contribution in [0.1, 0.15) is 23.7 Å². The highest BCUT2D eigenvalue weighted by atomic mass is 19.1. The molecule has 0 aliphatic carbocycles. The number of ether oxygens (including phenoxy) is 2. The lowest BCUT2D eigenvalue weighted by molar-refractivity contribution is 0.0889. The molecule has 1 aromatic carbocycles. The fraction of sp³-hybridized carbons (Fsp3) is 0.462. The Morgan fingerprint density at radius 3 is 2.65 bits per heavy atom. The predicted octanol–water partition coefficient (Wildman–Crippen LogP) is 2.69. The standard InChI is InChI=1S/C13H17FO3/c1-9(6-7-16-2)13(15)11-5-4-10(17-3)8-12(11)14/h4-5,8-9H,6-7H2,1-3H3. The molecule has 4 heteroatoms. The van der Waals surface area contributed by atoms with Crippen molar-refractivity contribution >= 4 is 5.78 Å². The number of methoxy groups -OCH3 is 2. The lowest BCUT2D eigenvalue weighted by atomic mass is 9.96. The van der Waals surface area contributed by atoms with Crippen molar-refractivity contribution in [3.63, 3.8) is 0 Å². The Bertz CT molecular complexity index is 390. The maximum Gasteiger partial charge on any atom is 0.168 e. The lowest BCUT2D eigenvalue weighted by Crippen LogP contribution is -2.15. The van der Waals surface area contributed by atoms with Gasteiger partial charge in [0.2, 0.25) is 0 Å². The van der Waals surface area contributed by atoms with Crippen LogP contribution in [0.15, 0.2) is 18.2 Å². The van der Waals surface area contributed by atoms with Gasteiger partial charge in [-0.05, 0) is 18.6 Å². The molecular formula is C13H17FO3. The van der Waals surface area contributed by atoms with E-state index in [0.717, 1.165) is 0 Å². The average molecular weight is 240 g/mol. The van der Waals surface area contributed by atoms with Crippen LogP contribution in [-0.2, 0) is 4.74 Å². The van der Waals surface area contributed by atoms with Crippen molar-refractivity contribution in [2.75, 3.05) is 20.8 Å². The van der Waals surface area contributed by atoms with Crippen molar-refractivity contribution < 1.29 is 18.7 Å².